The average molecular weight is 263 g/mol. The van der Waals surface area contributed by atoms with Gasteiger partial charge in [-0.3, -0.25) is 0 Å². The molecule has 0 atom stereocenters. The van der Waals surface area contributed by atoms with Gasteiger partial charge in [0.2, 0.25) is 0 Å². The van der Waals surface area contributed by atoms with Gasteiger partial charge in [-0.1, -0.05) is 13.8 Å². The van der Waals surface area contributed by atoms with Crippen LogP contribution in [-0.4, -0.2) is 6.04 Å². The van der Waals surface area contributed by atoms with E-state index in [1.165, 1.54) is 12.1 Å². The topological polar surface area (TPSA) is 34.4 Å². The Labute approximate surface area is 112 Å². The molecule has 0 fully saturated rings. The fourth-order valence-corrected chi connectivity index (χ4v) is 1.58. The van der Waals surface area contributed by atoms with E-state index in [1.54, 1.807) is 12.1 Å². The second kappa shape index (κ2) is 6.38. The first-order valence-electron chi connectivity index (χ1n) is 6.33. The Kier molecular flexibility index (Phi) is 4.58. The van der Waals surface area contributed by atoms with Crippen molar-refractivity contribution in [3.05, 3.63) is 53.7 Å². The van der Waals surface area contributed by atoms with E-state index in [1.807, 2.05) is 12.1 Å². The summed E-state index contributed by atoms with van der Waals surface area (Å²) in [6.45, 7) is 5.21. The van der Waals surface area contributed by atoms with Crippen molar-refractivity contribution in [2.75, 3.05) is 0 Å². The molecule has 1 N–H and O–H groups in total. The van der Waals surface area contributed by atoms with Crippen molar-refractivity contribution in [1.29, 1.82) is 0 Å². The molecule has 0 amide bonds. The number of ether oxygens (including phenoxy) is 1. The molecule has 0 bridgehead atoms. The van der Waals surface area contributed by atoms with Crippen molar-refractivity contribution in [2.45, 2.75) is 33.0 Å². The fraction of sp³-hybridized carbons (Fsp3) is 0.333. The van der Waals surface area contributed by atoms with Crippen molar-refractivity contribution in [3.63, 3.8) is 0 Å². The van der Waals surface area contributed by atoms with Crippen LogP contribution >= 0.6 is 0 Å². The Morgan fingerprint density at radius 3 is 2.47 bits per heavy atom. The number of furan rings is 1. The molecule has 1 heterocycles. The van der Waals surface area contributed by atoms with E-state index in [4.69, 9.17) is 9.15 Å². The Hall–Kier alpha value is -1.81. The molecule has 102 valence electrons. The predicted octanol–water partition coefficient (Wildman–Crippen LogP) is 3.50. The summed E-state index contributed by atoms with van der Waals surface area (Å²) < 4.78 is 23.8. The highest BCUT2D eigenvalue weighted by Gasteiger charge is 2.04. The van der Waals surface area contributed by atoms with Crippen LogP contribution in [0.2, 0.25) is 0 Å². The first-order chi connectivity index (χ1) is 9.13. The van der Waals surface area contributed by atoms with E-state index in [0.29, 0.717) is 24.9 Å². The highest BCUT2D eigenvalue weighted by molar-refractivity contribution is 5.22. The zero-order valence-corrected chi connectivity index (χ0v) is 11.2. The van der Waals surface area contributed by atoms with Crippen molar-refractivity contribution in [3.8, 4) is 5.75 Å². The zero-order chi connectivity index (χ0) is 13.7. The quantitative estimate of drug-likeness (QED) is 0.866. The summed E-state index contributed by atoms with van der Waals surface area (Å²) in [6, 6.07) is 10.2. The molecule has 0 aliphatic rings. The third-order valence-electron chi connectivity index (χ3n) is 2.60. The molecule has 0 spiro atoms. The molecule has 1 aromatic carbocycles. The molecule has 0 radical (unpaired) electrons. The number of hydrogen-bond acceptors (Lipinski definition) is 3. The molecule has 2 rings (SSSR count). The first kappa shape index (κ1) is 13.6. The van der Waals surface area contributed by atoms with Crippen LogP contribution in [-0.2, 0) is 13.2 Å². The Morgan fingerprint density at radius 2 is 1.79 bits per heavy atom. The van der Waals surface area contributed by atoms with E-state index < -0.39 is 0 Å². The lowest BCUT2D eigenvalue weighted by Crippen LogP contribution is -2.21. The molecule has 19 heavy (non-hydrogen) atoms. The summed E-state index contributed by atoms with van der Waals surface area (Å²) in [5.74, 6) is 1.99. The maximum Gasteiger partial charge on any atom is 0.146 e. The van der Waals surface area contributed by atoms with Gasteiger partial charge in [0.15, 0.2) is 0 Å². The van der Waals surface area contributed by atoms with E-state index in [-0.39, 0.29) is 5.82 Å². The number of hydrogen-bond donors (Lipinski definition) is 1. The standard InChI is InChI=1S/C15H18FNO2/c1-11(2)17-9-14-7-8-15(19-14)10-18-13-5-3-12(16)4-6-13/h3-8,11,17H,9-10H2,1-2H3. The van der Waals surface area contributed by atoms with Crippen LogP contribution in [0.25, 0.3) is 0 Å². The highest BCUT2D eigenvalue weighted by Crippen LogP contribution is 2.15. The Balaban J connectivity index is 1.84. The van der Waals surface area contributed by atoms with Crippen LogP contribution in [0.1, 0.15) is 25.4 Å². The molecule has 0 saturated heterocycles. The SMILES string of the molecule is CC(C)NCc1ccc(COc2ccc(F)cc2)o1. The minimum absolute atomic E-state index is 0.271. The van der Waals surface area contributed by atoms with Gasteiger partial charge in [-0.25, -0.2) is 4.39 Å². The van der Waals surface area contributed by atoms with Gasteiger partial charge in [0.25, 0.3) is 0 Å². The summed E-state index contributed by atoms with van der Waals surface area (Å²) in [6.07, 6.45) is 0. The van der Waals surface area contributed by atoms with Gasteiger partial charge in [-0.15, -0.1) is 0 Å². The lowest BCUT2D eigenvalue weighted by atomic mass is 10.3. The number of nitrogens with one attached hydrogen (secondary N) is 1. The molecule has 1 aromatic heterocycles. The molecular weight excluding hydrogens is 245 g/mol. The molecule has 3 nitrogen and oxygen atoms in total. The third-order valence-corrected chi connectivity index (χ3v) is 2.60. The largest absolute Gasteiger partial charge is 0.486 e. The first-order valence-corrected chi connectivity index (χ1v) is 6.33. The molecular formula is C15H18FNO2. The lowest BCUT2D eigenvalue weighted by molar-refractivity contribution is 0.264. The van der Waals surface area contributed by atoms with Gasteiger partial charge in [0.05, 0.1) is 6.54 Å². The maximum absolute atomic E-state index is 12.7. The summed E-state index contributed by atoms with van der Waals surface area (Å²) in [5, 5.41) is 3.28. The fourth-order valence-electron chi connectivity index (χ4n) is 1.58. The summed E-state index contributed by atoms with van der Waals surface area (Å²) in [5.41, 5.74) is 0. The molecule has 2 aromatic rings. The van der Waals surface area contributed by atoms with Crippen LogP contribution < -0.4 is 10.1 Å². The van der Waals surface area contributed by atoms with E-state index in [0.717, 1.165) is 11.5 Å². The van der Waals surface area contributed by atoms with Gasteiger partial charge in [0, 0.05) is 6.04 Å². The van der Waals surface area contributed by atoms with Gasteiger partial charge < -0.3 is 14.5 Å². The number of halogens is 1. The van der Waals surface area contributed by atoms with E-state index in [9.17, 15) is 4.39 Å². The van der Waals surface area contributed by atoms with Crippen LogP contribution in [0, 0.1) is 5.82 Å². The third kappa shape index (κ3) is 4.41. The second-order valence-electron chi connectivity index (χ2n) is 4.65. The molecule has 0 aliphatic heterocycles. The van der Waals surface area contributed by atoms with Gasteiger partial charge in [-0.2, -0.15) is 0 Å². The lowest BCUT2D eigenvalue weighted by Gasteiger charge is -2.05. The highest BCUT2D eigenvalue weighted by atomic mass is 19.1. The van der Waals surface area contributed by atoms with Crippen LogP contribution in [0.5, 0.6) is 5.75 Å². The molecule has 4 heteroatoms. The number of rotatable bonds is 6. The number of benzene rings is 1. The van der Waals surface area contributed by atoms with Crippen LogP contribution in [0.3, 0.4) is 0 Å². The summed E-state index contributed by atoms with van der Waals surface area (Å²) in [4.78, 5) is 0. The summed E-state index contributed by atoms with van der Waals surface area (Å²) >= 11 is 0. The summed E-state index contributed by atoms with van der Waals surface area (Å²) in [7, 11) is 0. The van der Waals surface area contributed by atoms with Gasteiger partial charge in [0.1, 0.15) is 29.7 Å². The van der Waals surface area contributed by atoms with Crippen molar-refractivity contribution in [1.82, 2.24) is 5.32 Å². The van der Waals surface area contributed by atoms with E-state index in [2.05, 4.69) is 19.2 Å². The van der Waals surface area contributed by atoms with E-state index >= 15 is 0 Å². The Bertz CT molecular complexity index is 505. The smallest absolute Gasteiger partial charge is 0.146 e. The zero-order valence-electron chi connectivity index (χ0n) is 11.2. The Morgan fingerprint density at radius 1 is 1.11 bits per heavy atom. The van der Waals surface area contributed by atoms with Crippen LogP contribution in [0.15, 0.2) is 40.8 Å². The molecule has 0 saturated carbocycles. The van der Waals surface area contributed by atoms with Crippen LogP contribution in [0.4, 0.5) is 4.39 Å². The minimum Gasteiger partial charge on any atom is -0.486 e. The predicted molar refractivity (Wildman–Crippen MR) is 71.4 cm³/mol. The second-order valence-corrected chi connectivity index (χ2v) is 4.65. The van der Waals surface area contributed by atoms with Crippen molar-refractivity contribution in [2.24, 2.45) is 0 Å². The van der Waals surface area contributed by atoms with Crippen molar-refractivity contribution < 1.29 is 13.5 Å². The minimum atomic E-state index is -0.271. The average Bonchev–Trinajstić information content (AvgIpc) is 2.84. The van der Waals surface area contributed by atoms with Gasteiger partial charge >= 0.3 is 0 Å². The van der Waals surface area contributed by atoms with Gasteiger partial charge in [-0.05, 0) is 36.4 Å². The maximum atomic E-state index is 12.7. The molecule has 0 unspecified atom stereocenters. The normalized spacial score (nSPS) is 10.9. The molecule has 0 aliphatic carbocycles. The van der Waals surface area contributed by atoms with Crippen molar-refractivity contribution >= 4 is 0 Å². The monoisotopic (exact) mass is 263 g/mol.